The summed E-state index contributed by atoms with van der Waals surface area (Å²) in [5, 5.41) is 16.9. The third-order valence-electron chi connectivity index (χ3n) is 6.27. The zero-order chi connectivity index (χ0) is 26.6. The van der Waals surface area contributed by atoms with Gasteiger partial charge < -0.3 is 15.7 Å². The van der Waals surface area contributed by atoms with Crippen molar-refractivity contribution in [1.82, 2.24) is 0 Å². The number of aliphatic carboxylic acids is 1. The Morgan fingerprint density at radius 2 is 1.73 bits per heavy atom. The molecule has 0 fully saturated rings. The predicted molar refractivity (Wildman–Crippen MR) is 142 cm³/mol. The number of rotatable bonds is 9. The number of benzene rings is 3. The number of carboxylic acids is 1. The molecule has 0 aliphatic carbocycles. The van der Waals surface area contributed by atoms with Gasteiger partial charge in [0, 0.05) is 24.2 Å². The first kappa shape index (κ1) is 25.9. The van der Waals surface area contributed by atoms with Gasteiger partial charge in [-0.15, -0.1) is 0 Å². The van der Waals surface area contributed by atoms with Crippen LogP contribution in [0.25, 0.3) is 0 Å². The average Bonchev–Trinajstić information content (AvgIpc) is 2.90. The molecular formula is C27H28N4O5S. The quantitative estimate of drug-likeness (QED) is 0.292. The fourth-order valence-electron chi connectivity index (χ4n) is 4.39. The van der Waals surface area contributed by atoms with Gasteiger partial charge in [0.05, 0.1) is 10.6 Å². The highest BCUT2D eigenvalue weighted by Crippen LogP contribution is 2.33. The summed E-state index contributed by atoms with van der Waals surface area (Å²) in [5.74, 6) is -1.33. The fourth-order valence-corrected chi connectivity index (χ4v) is 5.82. The van der Waals surface area contributed by atoms with Crippen LogP contribution >= 0.6 is 0 Å². The van der Waals surface area contributed by atoms with Crippen molar-refractivity contribution in [2.75, 3.05) is 22.3 Å². The number of anilines is 2. The molecule has 1 amide bonds. The first-order valence-corrected chi connectivity index (χ1v) is 13.3. The van der Waals surface area contributed by atoms with Gasteiger partial charge in [0.2, 0.25) is 5.91 Å². The second-order valence-electron chi connectivity index (χ2n) is 8.79. The van der Waals surface area contributed by atoms with Crippen molar-refractivity contribution in [3.8, 4) is 0 Å². The highest BCUT2D eigenvalue weighted by atomic mass is 32.2. The average molecular weight is 521 g/mol. The van der Waals surface area contributed by atoms with Crippen molar-refractivity contribution in [2.45, 2.75) is 30.6 Å². The third kappa shape index (κ3) is 5.80. The highest BCUT2D eigenvalue weighted by Gasteiger charge is 2.29. The summed E-state index contributed by atoms with van der Waals surface area (Å²) < 4.78 is 27.4. The molecule has 37 heavy (non-hydrogen) atoms. The van der Waals surface area contributed by atoms with Crippen molar-refractivity contribution in [3.05, 3.63) is 89.5 Å². The van der Waals surface area contributed by atoms with Gasteiger partial charge in [-0.1, -0.05) is 42.5 Å². The molecule has 3 aromatic carbocycles. The molecule has 1 aliphatic rings. The zero-order valence-electron chi connectivity index (χ0n) is 20.1. The second kappa shape index (κ2) is 10.8. The van der Waals surface area contributed by atoms with E-state index < -0.39 is 22.5 Å². The van der Waals surface area contributed by atoms with E-state index in [1.807, 2.05) is 12.1 Å². The molecule has 0 radical (unpaired) electrons. The van der Waals surface area contributed by atoms with E-state index in [0.717, 1.165) is 15.4 Å². The molecule has 3 aromatic rings. The Labute approximate surface area is 215 Å². The first-order valence-electron chi connectivity index (χ1n) is 11.8. The van der Waals surface area contributed by atoms with Crippen molar-refractivity contribution in [2.24, 2.45) is 5.73 Å². The summed E-state index contributed by atoms with van der Waals surface area (Å²) in [7, 11) is -4.10. The van der Waals surface area contributed by atoms with Crippen LogP contribution < -0.4 is 14.9 Å². The number of hydrogen-bond acceptors (Lipinski definition) is 5. The Morgan fingerprint density at radius 3 is 2.38 bits per heavy atom. The van der Waals surface area contributed by atoms with Gasteiger partial charge in [-0.05, 0) is 60.7 Å². The minimum Gasteiger partial charge on any atom is -0.480 e. The molecule has 1 heterocycles. The number of carbonyl (C=O) groups is 2. The molecular weight excluding hydrogens is 492 g/mol. The van der Waals surface area contributed by atoms with Gasteiger partial charge in [0.15, 0.2) is 0 Å². The molecule has 0 saturated carbocycles. The highest BCUT2D eigenvalue weighted by molar-refractivity contribution is 7.92. The number of aryl methyl sites for hydroxylation is 2. The fraction of sp³-hybridized carbons (Fsp3) is 0.222. The lowest BCUT2D eigenvalue weighted by Gasteiger charge is -2.31. The summed E-state index contributed by atoms with van der Waals surface area (Å²) in [6.45, 7) is -0.170. The number of nitrogens with zero attached hydrogens (tertiary/aromatic N) is 2. The lowest BCUT2D eigenvalue weighted by Crippen LogP contribution is -2.37. The number of amides is 1. The number of nitrogen functional groups attached to an aromatic ring is 1. The van der Waals surface area contributed by atoms with E-state index in [0.29, 0.717) is 37.1 Å². The van der Waals surface area contributed by atoms with Crippen molar-refractivity contribution >= 4 is 39.1 Å². The topological polar surface area (TPSA) is 145 Å². The van der Waals surface area contributed by atoms with Gasteiger partial charge in [0.25, 0.3) is 10.0 Å². The largest absolute Gasteiger partial charge is 0.480 e. The molecule has 10 heteroatoms. The van der Waals surface area contributed by atoms with Crippen LogP contribution in [0.2, 0.25) is 0 Å². The maximum atomic E-state index is 13.3. The number of nitrogens with two attached hydrogens (primary N) is 1. The van der Waals surface area contributed by atoms with Crippen molar-refractivity contribution in [1.29, 1.82) is 5.41 Å². The van der Waals surface area contributed by atoms with Crippen LogP contribution in [-0.4, -0.2) is 44.3 Å². The van der Waals surface area contributed by atoms with Crippen molar-refractivity contribution in [3.63, 3.8) is 0 Å². The minimum atomic E-state index is -4.10. The van der Waals surface area contributed by atoms with Gasteiger partial charge in [-0.3, -0.25) is 19.3 Å². The minimum absolute atomic E-state index is 0.00195. The number of nitrogens with one attached hydrogen (secondary N) is 1. The molecule has 4 N–H and O–H groups in total. The number of fused-ring (bicyclic) bond motifs is 1. The van der Waals surface area contributed by atoms with E-state index in [-0.39, 0.29) is 28.7 Å². The third-order valence-corrected chi connectivity index (χ3v) is 8.06. The first-order chi connectivity index (χ1) is 17.7. The Balaban J connectivity index is 1.56. The molecule has 192 valence electrons. The zero-order valence-corrected chi connectivity index (χ0v) is 20.9. The Bertz CT molecular complexity index is 1420. The van der Waals surface area contributed by atoms with E-state index in [1.165, 1.54) is 12.1 Å². The molecule has 0 atom stereocenters. The number of carbonyl (C=O) groups excluding carboxylic acids is 1. The normalized spacial score (nSPS) is 13.0. The molecule has 0 bridgehead atoms. The monoisotopic (exact) mass is 520 g/mol. The van der Waals surface area contributed by atoms with E-state index in [9.17, 15) is 23.1 Å². The van der Waals surface area contributed by atoms with Crippen molar-refractivity contribution < 1.29 is 23.1 Å². The number of amidine groups is 1. The molecule has 9 nitrogen and oxygen atoms in total. The van der Waals surface area contributed by atoms with E-state index in [2.05, 4.69) is 0 Å². The Morgan fingerprint density at radius 1 is 1.03 bits per heavy atom. The van der Waals surface area contributed by atoms with Gasteiger partial charge in [-0.25, -0.2) is 8.42 Å². The standard InChI is InChI=1S/C27H28N4O5S/c28-27(29)20-11-8-19(9-12-20)10-15-25(32)30-16-4-5-21-17-22(13-14-24(21)30)31(18-26(33)34)37(35,36)23-6-2-1-3-7-23/h1-3,6-9,11-14,17H,4-5,10,15-16,18H2,(H3,28,29)(H,33,34). The summed E-state index contributed by atoms with van der Waals surface area (Å²) in [6, 6.07) is 19.8. The van der Waals surface area contributed by atoms with Crippen LogP contribution in [-0.2, 0) is 32.5 Å². The van der Waals surface area contributed by atoms with Crippen LogP contribution in [0.4, 0.5) is 11.4 Å². The molecule has 0 spiro atoms. The number of carboxylic acid groups (broad SMARTS) is 1. The number of sulfonamides is 1. The Hall–Kier alpha value is -4.18. The molecule has 0 saturated heterocycles. The maximum absolute atomic E-state index is 13.3. The number of hydrogen-bond donors (Lipinski definition) is 3. The van der Waals surface area contributed by atoms with Crippen LogP contribution in [0.15, 0.2) is 77.7 Å². The van der Waals surface area contributed by atoms with Crippen LogP contribution in [0, 0.1) is 5.41 Å². The van der Waals surface area contributed by atoms with Gasteiger partial charge in [-0.2, -0.15) is 0 Å². The molecule has 0 unspecified atom stereocenters. The summed E-state index contributed by atoms with van der Waals surface area (Å²) in [6.07, 6.45) is 2.17. The lowest BCUT2D eigenvalue weighted by molar-refractivity contribution is -0.135. The molecule has 0 aromatic heterocycles. The second-order valence-corrected chi connectivity index (χ2v) is 10.7. The SMILES string of the molecule is N=C(N)c1ccc(CCC(=O)N2CCCc3cc(N(CC(=O)O)S(=O)(=O)c4ccccc4)ccc32)cc1. The van der Waals surface area contributed by atoms with Crippen LogP contribution in [0.5, 0.6) is 0 Å². The molecule has 1 aliphatic heterocycles. The van der Waals surface area contributed by atoms with Gasteiger partial charge in [0.1, 0.15) is 12.4 Å². The summed E-state index contributed by atoms with van der Waals surface area (Å²) in [5.41, 5.74) is 8.82. The lowest BCUT2D eigenvalue weighted by atomic mass is 9.99. The van der Waals surface area contributed by atoms with Crippen LogP contribution in [0.3, 0.4) is 0 Å². The van der Waals surface area contributed by atoms with E-state index in [4.69, 9.17) is 11.1 Å². The van der Waals surface area contributed by atoms with Gasteiger partial charge >= 0.3 is 5.97 Å². The summed E-state index contributed by atoms with van der Waals surface area (Å²) >= 11 is 0. The van der Waals surface area contributed by atoms with Crippen LogP contribution in [0.1, 0.15) is 29.5 Å². The van der Waals surface area contributed by atoms with E-state index in [1.54, 1.807) is 53.4 Å². The predicted octanol–water partition coefficient (Wildman–Crippen LogP) is 3.16. The Kier molecular flexibility index (Phi) is 7.58. The molecule has 4 rings (SSSR count). The summed E-state index contributed by atoms with van der Waals surface area (Å²) in [4.78, 5) is 26.4. The maximum Gasteiger partial charge on any atom is 0.324 e. The smallest absolute Gasteiger partial charge is 0.324 e. The van der Waals surface area contributed by atoms with E-state index >= 15 is 0 Å².